The predicted octanol–water partition coefficient (Wildman–Crippen LogP) is 1.51. The largest absolute Gasteiger partial charge is 0.480 e. The number of para-hydroxylation sites is 1. The molecule has 5 nitrogen and oxygen atoms in total. The minimum absolute atomic E-state index is 0.0205. The monoisotopic (exact) mass is 262 g/mol. The summed E-state index contributed by atoms with van der Waals surface area (Å²) >= 11 is 0. The average Bonchev–Trinajstić information content (AvgIpc) is 2.31. The Hall–Kier alpha value is -2.14. The molecular formula is C14H18N2O3. The van der Waals surface area contributed by atoms with Gasteiger partial charge in [0.25, 0.3) is 0 Å². The third-order valence-electron chi connectivity index (χ3n) is 2.53. The molecule has 0 saturated carbocycles. The molecule has 0 aromatic heterocycles. The molecule has 2 N–H and O–H groups in total. The molecule has 0 aliphatic rings. The molecule has 0 heterocycles. The summed E-state index contributed by atoms with van der Waals surface area (Å²) in [6.07, 6.45) is 1.57. The minimum Gasteiger partial charge on any atom is -0.480 e. The van der Waals surface area contributed by atoms with Crippen LogP contribution in [0.3, 0.4) is 0 Å². The lowest BCUT2D eigenvalue weighted by Crippen LogP contribution is -2.37. The SMILES string of the molecule is C=CCN(CC(=O)O)CC(=O)Nc1ccccc1C. The number of nitrogens with one attached hydrogen (secondary N) is 1. The number of rotatable bonds is 7. The van der Waals surface area contributed by atoms with E-state index in [9.17, 15) is 9.59 Å². The van der Waals surface area contributed by atoms with Gasteiger partial charge in [0.2, 0.25) is 5.91 Å². The second-order valence-electron chi connectivity index (χ2n) is 4.22. The van der Waals surface area contributed by atoms with Crippen molar-refractivity contribution in [2.75, 3.05) is 25.0 Å². The first-order valence-corrected chi connectivity index (χ1v) is 5.93. The Kier molecular flexibility index (Phi) is 5.75. The molecular weight excluding hydrogens is 244 g/mol. The fourth-order valence-electron chi connectivity index (χ4n) is 1.66. The van der Waals surface area contributed by atoms with Gasteiger partial charge in [0.05, 0.1) is 13.1 Å². The highest BCUT2D eigenvalue weighted by atomic mass is 16.4. The van der Waals surface area contributed by atoms with Crippen LogP contribution in [0.15, 0.2) is 36.9 Å². The minimum atomic E-state index is -0.967. The predicted molar refractivity (Wildman–Crippen MR) is 74.1 cm³/mol. The van der Waals surface area contributed by atoms with Crippen molar-refractivity contribution in [3.05, 3.63) is 42.5 Å². The molecule has 0 atom stereocenters. The van der Waals surface area contributed by atoms with Crippen LogP contribution < -0.4 is 5.32 Å². The molecule has 1 aromatic carbocycles. The third-order valence-corrected chi connectivity index (χ3v) is 2.53. The van der Waals surface area contributed by atoms with Gasteiger partial charge in [-0.2, -0.15) is 0 Å². The molecule has 0 fully saturated rings. The molecule has 1 rings (SSSR count). The smallest absolute Gasteiger partial charge is 0.317 e. The Labute approximate surface area is 112 Å². The summed E-state index contributed by atoms with van der Waals surface area (Å²) in [7, 11) is 0. The van der Waals surface area contributed by atoms with E-state index in [-0.39, 0.29) is 19.0 Å². The number of amides is 1. The van der Waals surface area contributed by atoms with Crippen molar-refractivity contribution >= 4 is 17.6 Å². The van der Waals surface area contributed by atoms with E-state index in [4.69, 9.17) is 5.11 Å². The standard InChI is InChI=1S/C14H18N2O3/c1-3-8-16(10-14(18)19)9-13(17)15-12-7-5-4-6-11(12)2/h3-7H,1,8-10H2,2H3,(H,15,17)(H,18,19). The molecule has 0 aliphatic heterocycles. The van der Waals surface area contributed by atoms with E-state index in [0.717, 1.165) is 11.3 Å². The van der Waals surface area contributed by atoms with Crippen LogP contribution in [0.25, 0.3) is 0 Å². The van der Waals surface area contributed by atoms with E-state index in [1.807, 2.05) is 31.2 Å². The maximum absolute atomic E-state index is 11.9. The van der Waals surface area contributed by atoms with Crippen LogP contribution in [0, 0.1) is 6.92 Å². The van der Waals surface area contributed by atoms with Crippen LogP contribution in [0.2, 0.25) is 0 Å². The second-order valence-corrected chi connectivity index (χ2v) is 4.22. The maximum Gasteiger partial charge on any atom is 0.317 e. The summed E-state index contributed by atoms with van der Waals surface area (Å²) in [5.74, 6) is -1.21. The summed E-state index contributed by atoms with van der Waals surface area (Å²) in [6.45, 7) is 5.63. The van der Waals surface area contributed by atoms with Crippen molar-refractivity contribution in [3.8, 4) is 0 Å². The van der Waals surface area contributed by atoms with E-state index in [0.29, 0.717) is 6.54 Å². The molecule has 0 aliphatic carbocycles. The fraction of sp³-hybridized carbons (Fsp3) is 0.286. The number of carboxylic acid groups (broad SMARTS) is 1. The van der Waals surface area contributed by atoms with Crippen molar-refractivity contribution in [2.24, 2.45) is 0 Å². The molecule has 0 radical (unpaired) electrons. The van der Waals surface area contributed by atoms with Gasteiger partial charge in [-0.25, -0.2) is 0 Å². The highest BCUT2D eigenvalue weighted by molar-refractivity contribution is 5.93. The van der Waals surface area contributed by atoms with Gasteiger partial charge in [-0.1, -0.05) is 24.3 Å². The zero-order valence-electron chi connectivity index (χ0n) is 10.9. The summed E-state index contributed by atoms with van der Waals surface area (Å²) in [5, 5.41) is 11.5. The van der Waals surface area contributed by atoms with Crippen molar-refractivity contribution in [1.82, 2.24) is 4.90 Å². The number of carbonyl (C=O) groups is 2. The van der Waals surface area contributed by atoms with Crippen LogP contribution in [-0.4, -0.2) is 41.5 Å². The number of nitrogens with zero attached hydrogens (tertiary/aromatic N) is 1. The maximum atomic E-state index is 11.9. The molecule has 1 amide bonds. The van der Waals surface area contributed by atoms with E-state index in [1.54, 1.807) is 6.08 Å². The van der Waals surface area contributed by atoms with Gasteiger partial charge in [-0.05, 0) is 18.6 Å². The van der Waals surface area contributed by atoms with Gasteiger partial charge >= 0.3 is 5.97 Å². The number of carboxylic acids is 1. The highest BCUT2D eigenvalue weighted by Gasteiger charge is 2.13. The Bertz CT molecular complexity index is 472. The molecule has 0 spiro atoms. The fourth-order valence-corrected chi connectivity index (χ4v) is 1.66. The Balaban J connectivity index is 2.60. The van der Waals surface area contributed by atoms with Crippen LogP contribution in [0.1, 0.15) is 5.56 Å². The zero-order valence-corrected chi connectivity index (χ0v) is 10.9. The number of hydrogen-bond donors (Lipinski definition) is 2. The molecule has 102 valence electrons. The number of benzene rings is 1. The Morgan fingerprint density at radius 2 is 2.05 bits per heavy atom. The third kappa shape index (κ3) is 5.35. The highest BCUT2D eigenvalue weighted by Crippen LogP contribution is 2.12. The first-order chi connectivity index (χ1) is 9.02. The van der Waals surface area contributed by atoms with Crippen LogP contribution >= 0.6 is 0 Å². The number of aliphatic carboxylic acids is 1. The number of hydrogen-bond acceptors (Lipinski definition) is 3. The zero-order chi connectivity index (χ0) is 14.3. The number of aryl methyl sites for hydroxylation is 1. The number of anilines is 1. The number of carbonyl (C=O) groups excluding carboxylic acids is 1. The van der Waals surface area contributed by atoms with Gasteiger partial charge in [0.15, 0.2) is 0 Å². The first kappa shape index (κ1) is 14.9. The summed E-state index contributed by atoms with van der Waals surface area (Å²) < 4.78 is 0. The van der Waals surface area contributed by atoms with Crippen molar-refractivity contribution < 1.29 is 14.7 Å². The first-order valence-electron chi connectivity index (χ1n) is 5.93. The van der Waals surface area contributed by atoms with E-state index in [1.165, 1.54) is 4.90 Å². The molecule has 0 saturated heterocycles. The van der Waals surface area contributed by atoms with Gasteiger partial charge < -0.3 is 10.4 Å². The molecule has 0 unspecified atom stereocenters. The van der Waals surface area contributed by atoms with Gasteiger partial charge in [-0.3, -0.25) is 14.5 Å². The second kappa shape index (κ2) is 7.33. The molecule has 5 heteroatoms. The van der Waals surface area contributed by atoms with Crippen LogP contribution in [-0.2, 0) is 9.59 Å². The van der Waals surface area contributed by atoms with Gasteiger partial charge in [0.1, 0.15) is 0 Å². The van der Waals surface area contributed by atoms with E-state index < -0.39 is 5.97 Å². The summed E-state index contributed by atoms with van der Waals surface area (Å²) in [4.78, 5) is 24.0. The van der Waals surface area contributed by atoms with Crippen molar-refractivity contribution in [1.29, 1.82) is 0 Å². The lowest BCUT2D eigenvalue weighted by Gasteiger charge is -2.18. The molecule has 19 heavy (non-hydrogen) atoms. The van der Waals surface area contributed by atoms with Crippen molar-refractivity contribution in [2.45, 2.75) is 6.92 Å². The van der Waals surface area contributed by atoms with E-state index >= 15 is 0 Å². The van der Waals surface area contributed by atoms with Crippen LogP contribution in [0.4, 0.5) is 5.69 Å². The Morgan fingerprint density at radius 1 is 1.37 bits per heavy atom. The van der Waals surface area contributed by atoms with Crippen molar-refractivity contribution in [3.63, 3.8) is 0 Å². The average molecular weight is 262 g/mol. The lowest BCUT2D eigenvalue weighted by molar-refractivity contribution is -0.138. The normalized spacial score (nSPS) is 10.2. The van der Waals surface area contributed by atoms with Gasteiger partial charge in [0, 0.05) is 12.2 Å². The van der Waals surface area contributed by atoms with E-state index in [2.05, 4.69) is 11.9 Å². The quantitative estimate of drug-likeness (QED) is 0.731. The lowest BCUT2D eigenvalue weighted by atomic mass is 10.2. The van der Waals surface area contributed by atoms with Crippen LogP contribution in [0.5, 0.6) is 0 Å². The summed E-state index contributed by atoms with van der Waals surface area (Å²) in [6, 6.07) is 7.43. The molecule has 1 aromatic rings. The summed E-state index contributed by atoms with van der Waals surface area (Å²) in [5.41, 5.74) is 1.70. The molecule has 0 bridgehead atoms. The van der Waals surface area contributed by atoms with Gasteiger partial charge in [-0.15, -0.1) is 6.58 Å². The topological polar surface area (TPSA) is 69.6 Å². The Morgan fingerprint density at radius 3 is 2.63 bits per heavy atom.